The Bertz CT molecular complexity index is 915. The highest BCUT2D eigenvalue weighted by Gasteiger charge is 2.31. The molecule has 2 N–H and O–H groups in total. The van der Waals surface area contributed by atoms with Crippen molar-refractivity contribution in [2.24, 2.45) is 5.92 Å². The van der Waals surface area contributed by atoms with E-state index in [2.05, 4.69) is 59.3 Å². The Balaban J connectivity index is 1.55. The van der Waals surface area contributed by atoms with E-state index in [0.29, 0.717) is 12.5 Å². The van der Waals surface area contributed by atoms with Gasteiger partial charge in [-0.1, -0.05) is 51.0 Å². The van der Waals surface area contributed by atoms with Gasteiger partial charge in [-0.05, 0) is 48.1 Å². The van der Waals surface area contributed by atoms with Crippen LogP contribution in [0.4, 0.5) is 0 Å². The molecule has 4 rings (SSSR count). The highest BCUT2D eigenvalue weighted by Crippen LogP contribution is 2.30. The predicted octanol–water partition coefficient (Wildman–Crippen LogP) is 3.76. The molecule has 30 heavy (non-hydrogen) atoms. The van der Waals surface area contributed by atoms with Gasteiger partial charge in [-0.3, -0.25) is 9.47 Å². The van der Waals surface area contributed by atoms with Crippen LogP contribution in [0.3, 0.4) is 0 Å². The lowest BCUT2D eigenvalue weighted by Crippen LogP contribution is -2.52. The van der Waals surface area contributed by atoms with Gasteiger partial charge in [0.2, 0.25) is 0 Å². The van der Waals surface area contributed by atoms with Crippen LogP contribution in [0.15, 0.2) is 48.7 Å². The zero-order valence-electron chi connectivity index (χ0n) is 18.1. The SMILES string of the molecule is CC(C)CNC(=O)c1ccccc1CC1=CCN([C@H]2CCCC[C@@H]2O)n2cccc21. The van der Waals surface area contributed by atoms with Crippen molar-refractivity contribution in [3.63, 3.8) is 0 Å². The Morgan fingerprint density at radius 1 is 1.17 bits per heavy atom. The van der Waals surface area contributed by atoms with E-state index in [1.54, 1.807) is 0 Å². The monoisotopic (exact) mass is 407 g/mol. The number of benzene rings is 1. The summed E-state index contributed by atoms with van der Waals surface area (Å²) >= 11 is 0. The molecule has 1 aliphatic heterocycles. The summed E-state index contributed by atoms with van der Waals surface area (Å²) < 4.78 is 2.20. The third kappa shape index (κ3) is 4.31. The Kier molecular flexibility index (Phi) is 6.28. The zero-order valence-corrected chi connectivity index (χ0v) is 18.1. The molecule has 1 aromatic carbocycles. The molecule has 1 aliphatic carbocycles. The molecular weight excluding hydrogens is 374 g/mol. The van der Waals surface area contributed by atoms with E-state index in [4.69, 9.17) is 0 Å². The number of aliphatic hydroxyl groups excluding tert-OH is 1. The number of aliphatic hydroxyl groups is 1. The molecule has 1 saturated carbocycles. The summed E-state index contributed by atoms with van der Waals surface area (Å²) in [7, 11) is 0. The van der Waals surface area contributed by atoms with Crippen molar-refractivity contribution < 1.29 is 9.90 Å². The molecule has 1 fully saturated rings. The molecule has 0 unspecified atom stereocenters. The van der Waals surface area contributed by atoms with Crippen LogP contribution in [0.1, 0.15) is 61.1 Å². The summed E-state index contributed by atoms with van der Waals surface area (Å²) in [6.45, 7) is 5.65. The molecule has 0 spiro atoms. The average Bonchev–Trinajstić information content (AvgIpc) is 3.24. The minimum absolute atomic E-state index is 0.00181. The fourth-order valence-corrected chi connectivity index (χ4v) is 4.64. The molecule has 2 aliphatic rings. The molecule has 160 valence electrons. The van der Waals surface area contributed by atoms with Crippen LogP contribution in [0, 0.1) is 5.92 Å². The first-order valence-electron chi connectivity index (χ1n) is 11.2. The number of aromatic nitrogens is 1. The minimum Gasteiger partial charge on any atom is -0.391 e. The smallest absolute Gasteiger partial charge is 0.251 e. The molecule has 0 saturated heterocycles. The Hall–Kier alpha value is -2.53. The Labute approximate surface area is 179 Å². The average molecular weight is 408 g/mol. The second-order valence-electron chi connectivity index (χ2n) is 8.95. The number of amides is 1. The standard InChI is InChI=1S/C25H33N3O2/c1-18(2)17-26-25(30)21-9-4-3-8-19(21)16-20-13-15-28(27-14-7-11-22(20)27)23-10-5-6-12-24(23)29/h3-4,7-9,11,13-14,18,23-24,29H,5-6,10,12,15-17H2,1-2H3,(H,26,30)/t23-,24-/m0/s1. The largest absolute Gasteiger partial charge is 0.391 e. The normalized spacial score (nSPS) is 21.3. The summed E-state index contributed by atoms with van der Waals surface area (Å²) in [6.07, 6.45) is 8.99. The van der Waals surface area contributed by atoms with Crippen LogP contribution >= 0.6 is 0 Å². The van der Waals surface area contributed by atoms with Crippen molar-refractivity contribution in [1.29, 1.82) is 0 Å². The summed E-state index contributed by atoms with van der Waals surface area (Å²) in [5.74, 6) is 0.421. The Morgan fingerprint density at radius 3 is 2.77 bits per heavy atom. The van der Waals surface area contributed by atoms with E-state index < -0.39 is 0 Å². The highest BCUT2D eigenvalue weighted by molar-refractivity contribution is 5.96. The van der Waals surface area contributed by atoms with Crippen molar-refractivity contribution in [2.45, 2.75) is 58.1 Å². The molecule has 1 amide bonds. The maximum absolute atomic E-state index is 12.7. The van der Waals surface area contributed by atoms with Gasteiger partial charge >= 0.3 is 0 Å². The Morgan fingerprint density at radius 2 is 1.97 bits per heavy atom. The lowest BCUT2D eigenvalue weighted by atomic mass is 9.91. The van der Waals surface area contributed by atoms with Crippen molar-refractivity contribution in [1.82, 2.24) is 9.99 Å². The molecule has 2 heterocycles. The number of allylic oxidation sites excluding steroid dienone is 1. The van der Waals surface area contributed by atoms with Crippen LogP contribution in [-0.2, 0) is 6.42 Å². The summed E-state index contributed by atoms with van der Waals surface area (Å²) in [6, 6.07) is 12.3. The van der Waals surface area contributed by atoms with E-state index >= 15 is 0 Å². The van der Waals surface area contributed by atoms with Crippen molar-refractivity contribution in [3.8, 4) is 0 Å². The van der Waals surface area contributed by atoms with E-state index in [0.717, 1.165) is 49.0 Å². The van der Waals surface area contributed by atoms with Crippen LogP contribution in [0.25, 0.3) is 5.57 Å². The van der Waals surface area contributed by atoms with Crippen molar-refractivity contribution >= 4 is 11.5 Å². The van der Waals surface area contributed by atoms with Crippen LogP contribution in [-0.4, -0.2) is 40.9 Å². The van der Waals surface area contributed by atoms with Gasteiger partial charge in [-0.2, -0.15) is 0 Å². The number of carbonyl (C=O) groups is 1. The van der Waals surface area contributed by atoms with Crippen molar-refractivity contribution in [3.05, 3.63) is 65.5 Å². The van der Waals surface area contributed by atoms with Crippen LogP contribution < -0.4 is 10.3 Å². The fraction of sp³-hybridized carbons (Fsp3) is 0.480. The molecular formula is C25H33N3O2. The maximum Gasteiger partial charge on any atom is 0.251 e. The molecule has 1 aromatic heterocycles. The third-order valence-corrected chi connectivity index (χ3v) is 6.25. The van der Waals surface area contributed by atoms with Gasteiger partial charge < -0.3 is 15.4 Å². The molecule has 0 radical (unpaired) electrons. The van der Waals surface area contributed by atoms with Gasteiger partial charge in [0.1, 0.15) is 0 Å². The summed E-state index contributed by atoms with van der Waals surface area (Å²) in [4.78, 5) is 12.7. The number of rotatable bonds is 6. The topological polar surface area (TPSA) is 57.5 Å². The lowest BCUT2D eigenvalue weighted by molar-refractivity contribution is 0.0941. The summed E-state index contributed by atoms with van der Waals surface area (Å²) in [5.41, 5.74) is 4.17. The quantitative estimate of drug-likeness (QED) is 0.767. The first-order valence-corrected chi connectivity index (χ1v) is 11.2. The van der Waals surface area contributed by atoms with Gasteiger partial charge in [0.15, 0.2) is 0 Å². The minimum atomic E-state index is -0.269. The number of fused-ring (bicyclic) bond motifs is 1. The van der Waals surface area contributed by atoms with Crippen molar-refractivity contribution in [2.75, 3.05) is 18.1 Å². The predicted molar refractivity (Wildman–Crippen MR) is 121 cm³/mol. The van der Waals surface area contributed by atoms with Gasteiger partial charge in [0, 0.05) is 24.7 Å². The van der Waals surface area contributed by atoms with E-state index in [-0.39, 0.29) is 18.1 Å². The maximum atomic E-state index is 12.7. The van der Waals surface area contributed by atoms with Crippen LogP contribution in [0.5, 0.6) is 0 Å². The van der Waals surface area contributed by atoms with Gasteiger partial charge in [-0.25, -0.2) is 0 Å². The molecule has 2 atom stereocenters. The molecule has 2 aromatic rings. The number of nitrogens with one attached hydrogen (secondary N) is 1. The number of hydrogen-bond donors (Lipinski definition) is 2. The van der Waals surface area contributed by atoms with E-state index in [9.17, 15) is 9.90 Å². The van der Waals surface area contributed by atoms with E-state index in [1.165, 1.54) is 12.0 Å². The first-order chi connectivity index (χ1) is 14.5. The van der Waals surface area contributed by atoms with Gasteiger partial charge in [-0.15, -0.1) is 0 Å². The van der Waals surface area contributed by atoms with Gasteiger partial charge in [0.25, 0.3) is 5.91 Å². The number of carbonyl (C=O) groups excluding carboxylic acids is 1. The molecule has 5 heteroatoms. The third-order valence-electron chi connectivity index (χ3n) is 6.25. The number of hydrogen-bond acceptors (Lipinski definition) is 3. The van der Waals surface area contributed by atoms with E-state index in [1.807, 2.05) is 18.2 Å². The lowest BCUT2D eigenvalue weighted by Gasteiger charge is -2.42. The van der Waals surface area contributed by atoms with Crippen LogP contribution in [0.2, 0.25) is 0 Å². The molecule has 0 bridgehead atoms. The second-order valence-corrected chi connectivity index (χ2v) is 8.95. The second kappa shape index (κ2) is 9.09. The summed E-state index contributed by atoms with van der Waals surface area (Å²) in [5, 5.41) is 15.9. The zero-order chi connectivity index (χ0) is 21.1. The fourth-order valence-electron chi connectivity index (χ4n) is 4.64. The first kappa shape index (κ1) is 20.7. The molecule has 5 nitrogen and oxygen atoms in total. The van der Waals surface area contributed by atoms with Gasteiger partial charge in [0.05, 0.1) is 24.4 Å². The highest BCUT2D eigenvalue weighted by atomic mass is 16.3. The number of nitrogens with zero attached hydrogens (tertiary/aromatic N) is 2.